The molecule has 1 aliphatic rings. The third-order valence-electron chi connectivity index (χ3n) is 3.88. The average molecular weight is 252 g/mol. The predicted molar refractivity (Wildman–Crippen MR) is 70.4 cm³/mol. The summed E-state index contributed by atoms with van der Waals surface area (Å²) in [4.78, 5) is 0. The number of rotatable bonds is 6. The van der Waals surface area contributed by atoms with Crippen LogP contribution in [0.1, 0.15) is 25.6 Å². The summed E-state index contributed by atoms with van der Waals surface area (Å²) >= 11 is 0. The van der Waals surface area contributed by atoms with E-state index in [0.717, 1.165) is 31.3 Å². The van der Waals surface area contributed by atoms with Crippen molar-refractivity contribution in [3.63, 3.8) is 0 Å². The molecule has 1 saturated heterocycles. The van der Waals surface area contributed by atoms with Gasteiger partial charge < -0.3 is 14.6 Å². The van der Waals surface area contributed by atoms with Gasteiger partial charge in [0.2, 0.25) is 0 Å². The Balaban J connectivity index is 1.89. The first kappa shape index (κ1) is 13.5. The molecule has 1 aliphatic heterocycles. The van der Waals surface area contributed by atoms with Crippen LogP contribution in [0.4, 0.5) is 0 Å². The normalized spacial score (nSPS) is 22.0. The lowest BCUT2D eigenvalue weighted by Gasteiger charge is -2.28. The standard InChI is InChI=1S/C13H24N4O/c1-11(12-4-3-5-14-9-12)8-13-16-15-10-17(13)6-7-18-2/h10-12,14H,3-9H2,1-2H3. The molecule has 0 bridgehead atoms. The van der Waals surface area contributed by atoms with Crippen molar-refractivity contribution in [1.29, 1.82) is 0 Å². The Morgan fingerprint density at radius 3 is 3.22 bits per heavy atom. The lowest BCUT2D eigenvalue weighted by molar-refractivity contribution is 0.185. The first-order chi connectivity index (χ1) is 8.81. The molecule has 2 unspecified atom stereocenters. The number of nitrogens with one attached hydrogen (secondary N) is 1. The van der Waals surface area contributed by atoms with Crippen LogP contribution < -0.4 is 5.32 Å². The maximum absolute atomic E-state index is 5.11. The summed E-state index contributed by atoms with van der Waals surface area (Å²) in [5, 5.41) is 11.7. The van der Waals surface area contributed by atoms with Crippen LogP contribution in [0.15, 0.2) is 6.33 Å². The van der Waals surface area contributed by atoms with Crippen LogP contribution in [-0.2, 0) is 17.7 Å². The molecule has 1 aromatic heterocycles. The van der Waals surface area contributed by atoms with E-state index in [1.165, 1.54) is 19.4 Å². The van der Waals surface area contributed by atoms with Crippen molar-refractivity contribution < 1.29 is 4.74 Å². The monoisotopic (exact) mass is 252 g/mol. The first-order valence-electron chi connectivity index (χ1n) is 6.87. The molecule has 18 heavy (non-hydrogen) atoms. The zero-order valence-corrected chi connectivity index (χ0v) is 11.4. The van der Waals surface area contributed by atoms with Gasteiger partial charge in [0.05, 0.1) is 6.61 Å². The van der Waals surface area contributed by atoms with Gasteiger partial charge in [0.25, 0.3) is 0 Å². The zero-order chi connectivity index (χ0) is 12.8. The molecule has 0 spiro atoms. The number of piperidine rings is 1. The summed E-state index contributed by atoms with van der Waals surface area (Å²) in [7, 11) is 1.72. The van der Waals surface area contributed by atoms with Crippen molar-refractivity contribution in [3.8, 4) is 0 Å². The number of hydrogen-bond acceptors (Lipinski definition) is 4. The van der Waals surface area contributed by atoms with Gasteiger partial charge in [0.15, 0.2) is 0 Å². The molecule has 0 radical (unpaired) electrons. The molecule has 2 rings (SSSR count). The summed E-state index contributed by atoms with van der Waals surface area (Å²) in [6.45, 7) is 6.20. The highest BCUT2D eigenvalue weighted by molar-refractivity contribution is 4.90. The Kier molecular flexibility index (Phi) is 5.13. The molecular weight excluding hydrogens is 228 g/mol. The van der Waals surface area contributed by atoms with Crippen LogP contribution in [0.3, 0.4) is 0 Å². The molecule has 1 N–H and O–H groups in total. The van der Waals surface area contributed by atoms with Crippen molar-refractivity contribution in [3.05, 3.63) is 12.2 Å². The van der Waals surface area contributed by atoms with E-state index in [4.69, 9.17) is 4.74 Å². The fourth-order valence-electron chi connectivity index (χ4n) is 2.63. The topological polar surface area (TPSA) is 52.0 Å². The molecule has 1 aromatic rings. The molecule has 2 atom stereocenters. The van der Waals surface area contributed by atoms with E-state index in [-0.39, 0.29) is 0 Å². The second-order valence-corrected chi connectivity index (χ2v) is 5.22. The molecule has 0 amide bonds. The van der Waals surface area contributed by atoms with Crippen LogP contribution in [0.25, 0.3) is 0 Å². The summed E-state index contributed by atoms with van der Waals surface area (Å²) < 4.78 is 7.21. The largest absolute Gasteiger partial charge is 0.383 e. The molecule has 102 valence electrons. The fourth-order valence-corrected chi connectivity index (χ4v) is 2.63. The third-order valence-corrected chi connectivity index (χ3v) is 3.88. The minimum Gasteiger partial charge on any atom is -0.383 e. The first-order valence-corrected chi connectivity index (χ1v) is 6.87. The van der Waals surface area contributed by atoms with Gasteiger partial charge in [-0.2, -0.15) is 0 Å². The van der Waals surface area contributed by atoms with Gasteiger partial charge >= 0.3 is 0 Å². The summed E-state index contributed by atoms with van der Waals surface area (Å²) in [6, 6.07) is 0. The second kappa shape index (κ2) is 6.85. The van der Waals surface area contributed by atoms with Gasteiger partial charge in [-0.15, -0.1) is 10.2 Å². The quantitative estimate of drug-likeness (QED) is 0.824. The van der Waals surface area contributed by atoms with E-state index in [0.29, 0.717) is 12.5 Å². The predicted octanol–water partition coefficient (Wildman–Crippen LogP) is 1.10. The summed E-state index contributed by atoms with van der Waals surface area (Å²) in [5.74, 6) is 2.51. The molecule has 1 fully saturated rings. The minimum atomic E-state index is 0.656. The Bertz CT molecular complexity index is 347. The van der Waals surface area contributed by atoms with Gasteiger partial charge in [0.1, 0.15) is 12.2 Å². The number of aromatic nitrogens is 3. The van der Waals surface area contributed by atoms with Crippen LogP contribution in [0, 0.1) is 11.8 Å². The van der Waals surface area contributed by atoms with Crippen LogP contribution in [0.2, 0.25) is 0 Å². The summed E-state index contributed by atoms with van der Waals surface area (Å²) in [6.07, 6.45) is 5.45. The SMILES string of the molecule is COCCn1cnnc1CC(C)C1CCCNC1. The molecule has 0 aromatic carbocycles. The smallest absolute Gasteiger partial charge is 0.133 e. The van der Waals surface area contributed by atoms with Crippen molar-refractivity contribution >= 4 is 0 Å². The zero-order valence-electron chi connectivity index (χ0n) is 11.4. The number of nitrogens with zero attached hydrogens (tertiary/aromatic N) is 3. The number of methoxy groups -OCH3 is 1. The molecule has 5 nitrogen and oxygen atoms in total. The molecular formula is C13H24N4O. The summed E-state index contributed by atoms with van der Waals surface area (Å²) in [5.41, 5.74) is 0. The number of ether oxygens (including phenoxy) is 1. The number of hydrogen-bond donors (Lipinski definition) is 1. The Labute approximate surface area is 109 Å². The fraction of sp³-hybridized carbons (Fsp3) is 0.846. The van der Waals surface area contributed by atoms with Crippen molar-refractivity contribution in [2.45, 2.75) is 32.7 Å². The maximum atomic E-state index is 5.11. The van der Waals surface area contributed by atoms with E-state index in [1.54, 1.807) is 13.4 Å². The average Bonchev–Trinajstić information content (AvgIpc) is 2.84. The Hall–Kier alpha value is -0.940. The van der Waals surface area contributed by atoms with E-state index < -0.39 is 0 Å². The minimum absolute atomic E-state index is 0.656. The van der Waals surface area contributed by atoms with Gasteiger partial charge in [-0.05, 0) is 37.8 Å². The van der Waals surface area contributed by atoms with Crippen molar-refractivity contribution in [2.24, 2.45) is 11.8 Å². The van der Waals surface area contributed by atoms with E-state index >= 15 is 0 Å². The highest BCUT2D eigenvalue weighted by atomic mass is 16.5. The lowest BCUT2D eigenvalue weighted by Crippen LogP contribution is -2.34. The van der Waals surface area contributed by atoms with Crippen molar-refractivity contribution in [1.82, 2.24) is 20.1 Å². The van der Waals surface area contributed by atoms with Gasteiger partial charge in [-0.1, -0.05) is 6.92 Å². The van der Waals surface area contributed by atoms with Crippen LogP contribution >= 0.6 is 0 Å². The van der Waals surface area contributed by atoms with E-state index in [1.807, 2.05) is 0 Å². The highest BCUT2D eigenvalue weighted by Crippen LogP contribution is 2.22. The van der Waals surface area contributed by atoms with E-state index in [9.17, 15) is 0 Å². The third kappa shape index (κ3) is 3.53. The van der Waals surface area contributed by atoms with Gasteiger partial charge in [-0.25, -0.2) is 0 Å². The van der Waals surface area contributed by atoms with Crippen molar-refractivity contribution in [2.75, 3.05) is 26.8 Å². The van der Waals surface area contributed by atoms with Gasteiger partial charge in [0, 0.05) is 20.1 Å². The highest BCUT2D eigenvalue weighted by Gasteiger charge is 2.21. The maximum Gasteiger partial charge on any atom is 0.133 e. The van der Waals surface area contributed by atoms with Crippen LogP contribution in [0.5, 0.6) is 0 Å². The molecule has 2 heterocycles. The molecule has 5 heteroatoms. The molecule has 0 saturated carbocycles. The van der Waals surface area contributed by atoms with Gasteiger partial charge in [-0.3, -0.25) is 0 Å². The second-order valence-electron chi connectivity index (χ2n) is 5.22. The van der Waals surface area contributed by atoms with Crippen LogP contribution in [-0.4, -0.2) is 41.6 Å². The molecule has 0 aliphatic carbocycles. The Morgan fingerprint density at radius 2 is 2.50 bits per heavy atom. The lowest BCUT2D eigenvalue weighted by atomic mass is 9.85. The Morgan fingerprint density at radius 1 is 1.61 bits per heavy atom. The van der Waals surface area contributed by atoms with E-state index in [2.05, 4.69) is 27.0 Å².